The number of carbonyl (C=O) groups excluding carboxylic acids is 1. The Morgan fingerprint density at radius 1 is 1.50 bits per heavy atom. The summed E-state index contributed by atoms with van der Waals surface area (Å²) in [6, 6.07) is 0. The maximum Gasteiger partial charge on any atom is 0.209 e. The van der Waals surface area contributed by atoms with Gasteiger partial charge in [0.15, 0.2) is 0 Å². The third-order valence-electron chi connectivity index (χ3n) is 0.909. The van der Waals surface area contributed by atoms with Crippen LogP contribution in [-0.4, -0.2) is 10.1 Å². The maximum atomic E-state index is 10.2. The lowest BCUT2D eigenvalue weighted by Gasteiger charge is -2.03. The summed E-state index contributed by atoms with van der Waals surface area (Å²) >= 11 is 16.1. The molecule has 0 heterocycles. The van der Waals surface area contributed by atoms with Crippen LogP contribution in [0.25, 0.3) is 0 Å². The van der Waals surface area contributed by atoms with Crippen LogP contribution < -0.4 is 0 Å². The Morgan fingerprint density at radius 2 is 2.00 bits per heavy atom. The number of alkyl halides is 3. The second-order valence-corrected chi connectivity index (χ2v) is 4.10. The highest BCUT2D eigenvalue weighted by molar-refractivity contribution is 6.69. The van der Waals surface area contributed by atoms with Crippen LogP contribution in [0.2, 0.25) is 0 Å². The van der Waals surface area contributed by atoms with Crippen LogP contribution in [0.15, 0.2) is 11.6 Å². The SMILES string of the molecule is CC/C(C=O)=C\C(Cl)(Cl)Cl. The van der Waals surface area contributed by atoms with E-state index in [2.05, 4.69) is 0 Å². The molecule has 0 aromatic rings. The number of carbonyl (C=O) groups is 1. The molecule has 0 unspecified atom stereocenters. The lowest BCUT2D eigenvalue weighted by molar-refractivity contribution is -0.105. The van der Waals surface area contributed by atoms with Crippen molar-refractivity contribution in [2.75, 3.05) is 0 Å². The van der Waals surface area contributed by atoms with E-state index in [0.29, 0.717) is 18.3 Å². The first-order chi connectivity index (χ1) is 4.49. The summed E-state index contributed by atoms with van der Waals surface area (Å²) in [6.07, 6.45) is 2.57. The minimum absolute atomic E-state index is 0.500. The van der Waals surface area contributed by atoms with Gasteiger partial charge in [0.05, 0.1) is 0 Å². The fourth-order valence-electron chi connectivity index (χ4n) is 0.430. The van der Waals surface area contributed by atoms with Crippen LogP contribution in [0.1, 0.15) is 13.3 Å². The highest BCUT2D eigenvalue weighted by Gasteiger charge is 2.15. The molecule has 0 spiro atoms. The molecule has 0 atom stereocenters. The molecule has 0 radical (unpaired) electrons. The zero-order chi connectivity index (χ0) is 8.20. The Hall–Kier alpha value is 0.280. The Bertz CT molecular complexity index is 146. The quantitative estimate of drug-likeness (QED) is 0.381. The predicted molar refractivity (Wildman–Crippen MR) is 44.7 cm³/mol. The third-order valence-corrected chi connectivity index (χ3v) is 1.24. The summed E-state index contributed by atoms with van der Waals surface area (Å²) in [6.45, 7) is 1.82. The van der Waals surface area contributed by atoms with E-state index >= 15 is 0 Å². The fourth-order valence-corrected chi connectivity index (χ4v) is 0.850. The van der Waals surface area contributed by atoms with Gasteiger partial charge in [-0.3, -0.25) is 4.79 Å². The molecular formula is C6H7Cl3O. The Balaban J connectivity index is 4.24. The standard InChI is InChI=1S/C6H7Cl3O/c1-2-5(4-10)3-6(7,8)9/h3-4H,2H2,1H3/b5-3+. The van der Waals surface area contributed by atoms with E-state index < -0.39 is 3.79 Å². The second-order valence-electron chi connectivity index (χ2n) is 1.73. The number of hydrogen-bond acceptors (Lipinski definition) is 1. The molecule has 1 nitrogen and oxygen atoms in total. The van der Waals surface area contributed by atoms with E-state index in [1.54, 1.807) is 0 Å². The smallest absolute Gasteiger partial charge is 0.209 e. The van der Waals surface area contributed by atoms with Crippen molar-refractivity contribution in [1.29, 1.82) is 0 Å². The molecule has 0 aromatic carbocycles. The Labute approximate surface area is 74.9 Å². The number of hydrogen-bond donors (Lipinski definition) is 0. The molecule has 0 fully saturated rings. The highest BCUT2D eigenvalue weighted by atomic mass is 35.6. The minimum Gasteiger partial charge on any atom is -0.298 e. The molecule has 0 aromatic heterocycles. The molecule has 0 saturated heterocycles. The van der Waals surface area contributed by atoms with E-state index in [-0.39, 0.29) is 0 Å². The van der Waals surface area contributed by atoms with Crippen molar-refractivity contribution in [3.8, 4) is 0 Å². The van der Waals surface area contributed by atoms with Gasteiger partial charge in [-0.05, 0) is 18.1 Å². The molecule has 0 N–H and O–H groups in total. The van der Waals surface area contributed by atoms with Crippen LogP contribution in [0.4, 0.5) is 0 Å². The lowest BCUT2D eigenvalue weighted by atomic mass is 10.2. The highest BCUT2D eigenvalue weighted by Crippen LogP contribution is 2.28. The van der Waals surface area contributed by atoms with Gasteiger partial charge >= 0.3 is 0 Å². The van der Waals surface area contributed by atoms with Crippen LogP contribution in [0, 0.1) is 0 Å². The first-order valence-corrected chi connectivity index (χ1v) is 3.86. The van der Waals surface area contributed by atoms with Crippen molar-refractivity contribution < 1.29 is 4.79 Å². The van der Waals surface area contributed by atoms with E-state index in [0.717, 1.165) is 0 Å². The largest absolute Gasteiger partial charge is 0.298 e. The number of aldehydes is 1. The summed E-state index contributed by atoms with van der Waals surface area (Å²) in [5, 5.41) is 0. The summed E-state index contributed by atoms with van der Waals surface area (Å²) < 4.78 is -1.45. The van der Waals surface area contributed by atoms with Gasteiger partial charge in [-0.25, -0.2) is 0 Å². The second kappa shape index (κ2) is 4.22. The number of rotatable bonds is 2. The van der Waals surface area contributed by atoms with Crippen molar-refractivity contribution in [2.45, 2.75) is 17.1 Å². The van der Waals surface area contributed by atoms with Gasteiger partial charge < -0.3 is 0 Å². The molecule has 0 amide bonds. The summed E-state index contributed by atoms with van der Waals surface area (Å²) in [5.41, 5.74) is 0.500. The summed E-state index contributed by atoms with van der Waals surface area (Å²) in [4.78, 5) is 10.2. The van der Waals surface area contributed by atoms with Crippen molar-refractivity contribution in [3.05, 3.63) is 11.6 Å². The van der Waals surface area contributed by atoms with Gasteiger partial charge in [0.25, 0.3) is 0 Å². The monoisotopic (exact) mass is 200 g/mol. The summed E-state index contributed by atoms with van der Waals surface area (Å²) in [7, 11) is 0. The molecule has 0 rings (SSSR count). The van der Waals surface area contributed by atoms with E-state index in [1.807, 2.05) is 6.92 Å². The van der Waals surface area contributed by atoms with Crippen molar-refractivity contribution in [2.24, 2.45) is 0 Å². The Kier molecular flexibility index (Phi) is 4.34. The molecule has 10 heavy (non-hydrogen) atoms. The lowest BCUT2D eigenvalue weighted by Crippen LogP contribution is -1.98. The normalized spacial score (nSPS) is 13.4. The van der Waals surface area contributed by atoms with Gasteiger partial charge in [0, 0.05) is 0 Å². The zero-order valence-electron chi connectivity index (χ0n) is 5.40. The van der Waals surface area contributed by atoms with Crippen molar-refractivity contribution >= 4 is 41.1 Å². The molecular weight excluding hydrogens is 194 g/mol. The van der Waals surface area contributed by atoms with Crippen molar-refractivity contribution in [1.82, 2.24) is 0 Å². The van der Waals surface area contributed by atoms with Crippen LogP contribution in [-0.2, 0) is 4.79 Å². The molecule has 0 aliphatic heterocycles. The van der Waals surface area contributed by atoms with Gasteiger partial charge in [-0.2, -0.15) is 0 Å². The third kappa shape index (κ3) is 5.10. The zero-order valence-corrected chi connectivity index (χ0v) is 7.67. The average Bonchev–Trinajstić information content (AvgIpc) is 1.81. The van der Waals surface area contributed by atoms with Gasteiger partial charge in [-0.1, -0.05) is 41.7 Å². The maximum absolute atomic E-state index is 10.2. The molecule has 0 saturated carbocycles. The van der Waals surface area contributed by atoms with E-state index in [9.17, 15) is 4.79 Å². The summed E-state index contributed by atoms with van der Waals surface area (Å²) in [5.74, 6) is 0. The topological polar surface area (TPSA) is 17.1 Å². The van der Waals surface area contributed by atoms with E-state index in [1.165, 1.54) is 6.08 Å². The minimum atomic E-state index is -1.45. The fraction of sp³-hybridized carbons (Fsp3) is 0.500. The van der Waals surface area contributed by atoms with Gasteiger partial charge in [0.2, 0.25) is 3.79 Å². The average molecular weight is 201 g/mol. The Morgan fingerprint density at radius 3 is 2.10 bits per heavy atom. The first kappa shape index (κ1) is 10.3. The van der Waals surface area contributed by atoms with Gasteiger partial charge in [-0.15, -0.1) is 0 Å². The predicted octanol–water partition coefficient (Wildman–Crippen LogP) is 2.89. The van der Waals surface area contributed by atoms with Crippen LogP contribution in [0.5, 0.6) is 0 Å². The van der Waals surface area contributed by atoms with Crippen molar-refractivity contribution in [3.63, 3.8) is 0 Å². The molecule has 0 aliphatic rings. The van der Waals surface area contributed by atoms with Crippen LogP contribution >= 0.6 is 34.8 Å². The van der Waals surface area contributed by atoms with Crippen LogP contribution in [0.3, 0.4) is 0 Å². The van der Waals surface area contributed by atoms with E-state index in [4.69, 9.17) is 34.8 Å². The first-order valence-electron chi connectivity index (χ1n) is 2.73. The number of allylic oxidation sites excluding steroid dienone is 2. The molecule has 58 valence electrons. The number of halogens is 3. The van der Waals surface area contributed by atoms with Gasteiger partial charge in [0.1, 0.15) is 6.29 Å². The molecule has 0 aliphatic carbocycles. The molecule has 4 heteroatoms. The molecule has 0 bridgehead atoms.